The van der Waals surface area contributed by atoms with E-state index >= 15 is 0 Å². The van der Waals surface area contributed by atoms with Crippen molar-refractivity contribution < 1.29 is 14.7 Å². The molecule has 0 spiro atoms. The number of rotatable bonds is 1. The van der Waals surface area contributed by atoms with Crippen LogP contribution in [0.1, 0.15) is 28.8 Å². The van der Waals surface area contributed by atoms with E-state index in [0.29, 0.717) is 18.4 Å². The highest BCUT2D eigenvalue weighted by Gasteiger charge is 2.26. The zero-order valence-corrected chi connectivity index (χ0v) is 8.27. The van der Waals surface area contributed by atoms with Crippen LogP contribution in [0.4, 0.5) is 0 Å². The van der Waals surface area contributed by atoms with Gasteiger partial charge in [-0.1, -0.05) is 24.3 Å². The molecule has 0 heterocycles. The zero-order valence-electron chi connectivity index (χ0n) is 8.27. The normalized spacial score (nSPS) is 20.5. The molecule has 2 rings (SSSR count). The number of hydrogen-bond acceptors (Lipinski definition) is 2. The van der Waals surface area contributed by atoms with Gasteiger partial charge in [0, 0.05) is 12.0 Å². The first-order chi connectivity index (χ1) is 7.18. The smallest absolute Gasteiger partial charge is 0.306 e. The number of fused-ring (bicyclic) bond motifs is 1. The first kappa shape index (κ1) is 9.90. The maximum absolute atomic E-state index is 11.8. The molecule has 1 unspecified atom stereocenters. The van der Waals surface area contributed by atoms with Crippen molar-refractivity contribution in [2.24, 2.45) is 5.92 Å². The first-order valence-corrected chi connectivity index (χ1v) is 5.02. The SMILES string of the molecule is O=C1CC(C(=O)O)CCc2ccccc21. The average Bonchev–Trinajstić information content (AvgIpc) is 2.39. The molecular weight excluding hydrogens is 192 g/mol. The molecule has 3 heteroatoms. The van der Waals surface area contributed by atoms with Gasteiger partial charge in [-0.2, -0.15) is 0 Å². The van der Waals surface area contributed by atoms with Crippen LogP contribution in [-0.2, 0) is 11.2 Å². The fraction of sp³-hybridized carbons (Fsp3) is 0.333. The topological polar surface area (TPSA) is 54.4 Å². The molecule has 0 saturated heterocycles. The molecule has 1 N–H and O–H groups in total. The highest BCUT2D eigenvalue weighted by Crippen LogP contribution is 2.24. The summed E-state index contributed by atoms with van der Waals surface area (Å²) in [6, 6.07) is 7.38. The van der Waals surface area contributed by atoms with E-state index in [9.17, 15) is 9.59 Å². The van der Waals surface area contributed by atoms with Crippen molar-refractivity contribution in [3.8, 4) is 0 Å². The second-order valence-corrected chi connectivity index (χ2v) is 3.86. The van der Waals surface area contributed by atoms with E-state index < -0.39 is 11.9 Å². The van der Waals surface area contributed by atoms with Gasteiger partial charge in [0.2, 0.25) is 0 Å². The highest BCUT2D eigenvalue weighted by atomic mass is 16.4. The van der Waals surface area contributed by atoms with Gasteiger partial charge < -0.3 is 5.11 Å². The molecule has 0 radical (unpaired) electrons. The van der Waals surface area contributed by atoms with Gasteiger partial charge in [0.05, 0.1) is 5.92 Å². The summed E-state index contributed by atoms with van der Waals surface area (Å²) < 4.78 is 0. The lowest BCUT2D eigenvalue weighted by atomic mass is 9.99. The van der Waals surface area contributed by atoms with Crippen molar-refractivity contribution in [2.75, 3.05) is 0 Å². The van der Waals surface area contributed by atoms with Gasteiger partial charge in [-0.15, -0.1) is 0 Å². The lowest BCUT2D eigenvalue weighted by Crippen LogP contribution is -2.16. The molecule has 0 aromatic heterocycles. The van der Waals surface area contributed by atoms with Gasteiger partial charge in [-0.3, -0.25) is 9.59 Å². The van der Waals surface area contributed by atoms with Crippen molar-refractivity contribution in [3.05, 3.63) is 35.4 Å². The monoisotopic (exact) mass is 204 g/mol. The average molecular weight is 204 g/mol. The summed E-state index contributed by atoms with van der Waals surface area (Å²) in [6.07, 6.45) is 1.36. The summed E-state index contributed by atoms with van der Waals surface area (Å²) in [5.41, 5.74) is 1.67. The summed E-state index contributed by atoms with van der Waals surface area (Å²) in [5.74, 6) is -1.43. The molecule has 1 aromatic carbocycles. The second-order valence-electron chi connectivity index (χ2n) is 3.86. The molecule has 1 aromatic rings. The van der Waals surface area contributed by atoms with Crippen molar-refractivity contribution in [1.29, 1.82) is 0 Å². The van der Waals surface area contributed by atoms with Crippen LogP contribution in [0.5, 0.6) is 0 Å². The summed E-state index contributed by atoms with van der Waals surface area (Å²) in [5, 5.41) is 8.91. The van der Waals surface area contributed by atoms with Crippen molar-refractivity contribution >= 4 is 11.8 Å². The maximum Gasteiger partial charge on any atom is 0.306 e. The zero-order chi connectivity index (χ0) is 10.8. The number of carboxylic acid groups (broad SMARTS) is 1. The van der Waals surface area contributed by atoms with Gasteiger partial charge in [-0.05, 0) is 18.4 Å². The highest BCUT2D eigenvalue weighted by molar-refractivity contribution is 5.99. The number of carbonyl (C=O) groups excluding carboxylic acids is 1. The summed E-state index contributed by atoms with van der Waals surface area (Å²) in [7, 11) is 0. The number of aliphatic carboxylic acids is 1. The number of Topliss-reactive ketones (excluding diaryl/α,β-unsaturated/α-hetero) is 1. The van der Waals surface area contributed by atoms with Gasteiger partial charge in [0.15, 0.2) is 5.78 Å². The third-order valence-electron chi connectivity index (χ3n) is 2.86. The fourth-order valence-corrected chi connectivity index (χ4v) is 1.99. The Balaban J connectivity index is 2.32. The van der Waals surface area contributed by atoms with E-state index in [-0.39, 0.29) is 12.2 Å². The quantitative estimate of drug-likeness (QED) is 0.711. The molecule has 0 bridgehead atoms. The Bertz CT molecular complexity index is 409. The van der Waals surface area contributed by atoms with E-state index in [1.807, 2.05) is 18.2 Å². The predicted octanol–water partition coefficient (Wildman–Crippen LogP) is 1.91. The standard InChI is InChI=1S/C12H12O3/c13-11-7-9(12(14)15)6-5-8-3-1-2-4-10(8)11/h1-4,9H,5-7H2,(H,14,15). The molecule has 0 amide bonds. The number of hydrogen-bond donors (Lipinski definition) is 1. The van der Waals surface area contributed by atoms with E-state index in [2.05, 4.69) is 0 Å². The fourth-order valence-electron chi connectivity index (χ4n) is 1.99. The Hall–Kier alpha value is -1.64. The minimum atomic E-state index is -0.865. The number of ketones is 1. The third-order valence-corrected chi connectivity index (χ3v) is 2.86. The first-order valence-electron chi connectivity index (χ1n) is 5.02. The Morgan fingerprint density at radius 2 is 2.07 bits per heavy atom. The minimum absolute atomic E-state index is 0.0458. The number of aryl methyl sites for hydroxylation is 1. The molecule has 1 aliphatic rings. The van der Waals surface area contributed by atoms with Gasteiger partial charge in [-0.25, -0.2) is 0 Å². The van der Waals surface area contributed by atoms with Crippen LogP contribution >= 0.6 is 0 Å². The summed E-state index contributed by atoms with van der Waals surface area (Å²) >= 11 is 0. The molecule has 78 valence electrons. The number of benzene rings is 1. The Kier molecular flexibility index (Phi) is 2.54. The Morgan fingerprint density at radius 1 is 1.33 bits per heavy atom. The van der Waals surface area contributed by atoms with Gasteiger partial charge in [0.25, 0.3) is 0 Å². The summed E-state index contributed by atoms with van der Waals surface area (Å²) in [4.78, 5) is 22.6. The Morgan fingerprint density at radius 3 is 2.80 bits per heavy atom. The summed E-state index contributed by atoms with van der Waals surface area (Å²) in [6.45, 7) is 0. The predicted molar refractivity (Wildman–Crippen MR) is 54.8 cm³/mol. The lowest BCUT2D eigenvalue weighted by molar-refractivity contribution is -0.141. The van der Waals surface area contributed by atoms with Gasteiger partial charge in [0.1, 0.15) is 0 Å². The van der Waals surface area contributed by atoms with Crippen LogP contribution in [0.25, 0.3) is 0 Å². The van der Waals surface area contributed by atoms with E-state index in [1.54, 1.807) is 6.07 Å². The maximum atomic E-state index is 11.8. The lowest BCUT2D eigenvalue weighted by Gasteiger charge is -2.05. The number of carboxylic acids is 1. The van der Waals surface area contributed by atoms with Gasteiger partial charge >= 0.3 is 5.97 Å². The minimum Gasteiger partial charge on any atom is -0.481 e. The largest absolute Gasteiger partial charge is 0.481 e. The van der Waals surface area contributed by atoms with Crippen LogP contribution in [0.2, 0.25) is 0 Å². The van der Waals surface area contributed by atoms with Crippen LogP contribution in [0, 0.1) is 5.92 Å². The molecule has 0 saturated carbocycles. The van der Waals surface area contributed by atoms with E-state index in [4.69, 9.17) is 5.11 Å². The molecule has 15 heavy (non-hydrogen) atoms. The van der Waals surface area contributed by atoms with E-state index in [0.717, 1.165) is 5.56 Å². The molecule has 1 atom stereocenters. The Labute approximate surface area is 87.7 Å². The van der Waals surface area contributed by atoms with Crippen LogP contribution in [0.15, 0.2) is 24.3 Å². The molecule has 0 aliphatic heterocycles. The molecule has 3 nitrogen and oxygen atoms in total. The number of carbonyl (C=O) groups is 2. The van der Waals surface area contributed by atoms with Crippen LogP contribution in [-0.4, -0.2) is 16.9 Å². The second kappa shape index (κ2) is 3.85. The third kappa shape index (κ3) is 1.91. The van der Waals surface area contributed by atoms with Crippen molar-refractivity contribution in [2.45, 2.75) is 19.3 Å². The van der Waals surface area contributed by atoms with Crippen LogP contribution in [0.3, 0.4) is 0 Å². The molecular formula is C12H12O3. The van der Waals surface area contributed by atoms with Crippen molar-refractivity contribution in [1.82, 2.24) is 0 Å². The van der Waals surface area contributed by atoms with E-state index in [1.165, 1.54) is 0 Å². The van der Waals surface area contributed by atoms with Crippen molar-refractivity contribution in [3.63, 3.8) is 0 Å². The molecule has 0 fully saturated rings. The van der Waals surface area contributed by atoms with Crippen LogP contribution < -0.4 is 0 Å². The molecule has 1 aliphatic carbocycles.